The number of guanidine groups is 1. The highest BCUT2D eigenvalue weighted by Crippen LogP contribution is 2.23. The average molecular weight is 876 g/mol. The van der Waals surface area contributed by atoms with Crippen LogP contribution in [-0.4, -0.2) is 177 Å². The normalized spacial score (nSPS) is 15.5. The number of nitrogens with two attached hydrogens (primary N) is 2. The molecular formula is C39H54ClN9O12-4. The maximum absolute atomic E-state index is 13.1. The molecule has 0 saturated heterocycles. The summed E-state index contributed by atoms with van der Waals surface area (Å²) in [5.74, 6) is -2.57. The van der Waals surface area contributed by atoms with Crippen LogP contribution in [0.1, 0.15) is 39.3 Å². The van der Waals surface area contributed by atoms with Gasteiger partial charge in [-0.25, -0.2) is 9.97 Å². The molecular weight excluding hydrogens is 822 g/mol. The molecule has 2 aromatic carbocycles. The van der Waals surface area contributed by atoms with Gasteiger partial charge in [0.05, 0.1) is 31.5 Å². The molecule has 0 aliphatic rings. The summed E-state index contributed by atoms with van der Waals surface area (Å²) in [4.78, 5) is 34.1. The maximum Gasteiger partial charge on any atom is 0.251 e. The zero-order valence-electron chi connectivity index (χ0n) is 33.7. The van der Waals surface area contributed by atoms with Crippen LogP contribution in [0, 0.1) is 0 Å². The molecule has 61 heavy (non-hydrogen) atoms. The molecule has 0 fully saturated rings. The van der Waals surface area contributed by atoms with Crippen molar-refractivity contribution in [1.29, 1.82) is 0 Å². The Morgan fingerprint density at radius 3 is 2.08 bits per heavy atom. The predicted octanol–water partition coefficient (Wildman–Crippen LogP) is -1.62. The van der Waals surface area contributed by atoms with Gasteiger partial charge in [0.2, 0.25) is 0 Å². The van der Waals surface area contributed by atoms with Crippen LogP contribution < -0.4 is 21.9 Å². The van der Waals surface area contributed by atoms with E-state index in [1.807, 2.05) is 24.3 Å². The van der Waals surface area contributed by atoms with Crippen molar-refractivity contribution >= 4 is 41.0 Å². The van der Waals surface area contributed by atoms with Crippen LogP contribution >= 0.6 is 11.6 Å². The molecule has 0 saturated carbocycles. The van der Waals surface area contributed by atoms with E-state index in [2.05, 4.69) is 25.9 Å². The number of aliphatic hydroxyl groups is 7. The molecule has 22 heteroatoms. The van der Waals surface area contributed by atoms with E-state index in [1.165, 1.54) is 19.1 Å². The fourth-order valence-electron chi connectivity index (χ4n) is 6.11. The first-order valence-electron chi connectivity index (χ1n) is 19.2. The number of nitrogen functional groups attached to an aromatic ring is 2. The number of ether oxygens (including phenoxy) is 2. The van der Waals surface area contributed by atoms with Crippen LogP contribution in [0.3, 0.4) is 0 Å². The summed E-state index contributed by atoms with van der Waals surface area (Å²) in [6.07, 6.45) is -11.0. The molecule has 1 heterocycles. The third-order valence-electron chi connectivity index (χ3n) is 9.62. The summed E-state index contributed by atoms with van der Waals surface area (Å²) in [5, 5.41) is 103. The quantitative estimate of drug-likeness (QED) is 0.0260. The fourth-order valence-corrected chi connectivity index (χ4v) is 6.24. The first-order chi connectivity index (χ1) is 29.0. The summed E-state index contributed by atoms with van der Waals surface area (Å²) in [6.45, 7) is -2.09. The van der Waals surface area contributed by atoms with Gasteiger partial charge in [-0.2, -0.15) is 0 Å². The van der Waals surface area contributed by atoms with E-state index >= 15 is 0 Å². The summed E-state index contributed by atoms with van der Waals surface area (Å²) < 4.78 is 10.3. The molecule has 0 spiro atoms. The summed E-state index contributed by atoms with van der Waals surface area (Å²) in [7, 11) is 2.48. The number of halogens is 1. The first kappa shape index (κ1) is 50.7. The highest BCUT2D eigenvalue weighted by atomic mass is 35.5. The molecule has 8 atom stereocenters. The maximum atomic E-state index is 13.1. The van der Waals surface area contributed by atoms with Crippen LogP contribution in [0.5, 0.6) is 0 Å². The standard InChI is InChI=1S/C39H56ClN9O12/c1-60-28(20-51)32(57)33(61-2)26(53)18-49(17-25(52)30(55)31(56)27(54)19-50)16-15-44-37(58)24-12-10-23(11-13-24)22-8-6-21(7-9-22)5-3-4-14-45-39(43)48-38(59)29-35(41)47-36(42)34(40)46-29/h6-13,25-28,30-33,50-54,56-57H,3-5,14-20H2,1-2H3,(H7-,41,42,43,44,45,47,48,58,59)/q-2/p-2/t25-,26-,27+,28+,30+,31+,32+,33+/m0/s1. The second-order valence-corrected chi connectivity index (χ2v) is 14.3. The lowest BCUT2D eigenvalue weighted by molar-refractivity contribution is -0.460. The van der Waals surface area contributed by atoms with Gasteiger partial charge < -0.3 is 93.9 Å². The topological polar surface area (TPSA) is 361 Å². The molecule has 12 N–H and O–H groups in total. The number of aryl methyl sites for hydroxylation is 1. The van der Waals surface area contributed by atoms with Crippen LogP contribution in [0.4, 0.5) is 11.6 Å². The largest absolute Gasteiger partial charge is 0.848 e. The summed E-state index contributed by atoms with van der Waals surface area (Å²) in [5.41, 5.74) is 13.9. The SMILES string of the molecule is CO[C@@H]([C@H](O)[C@@H](CO)OC)[C@@H](O)CN(CCNC(=O)c1ccc(-c2ccc(CCCC[N-]C(=[N-])[N-]C(=O)c3nc(Cl)c(N)nc3N)cc2)cc1)C[C@H](O)[C@@H]([O-])[C@H](O)[C@H](O)CO. The average Bonchev–Trinajstić information content (AvgIpc) is 3.24. The number of carbonyl (C=O) groups excluding carboxylic acids is 2. The van der Waals surface area contributed by atoms with Crippen LogP contribution in [0.25, 0.3) is 27.2 Å². The van der Waals surface area contributed by atoms with E-state index in [0.717, 1.165) is 29.5 Å². The third kappa shape index (κ3) is 15.4. The van der Waals surface area contributed by atoms with Crippen molar-refractivity contribution < 1.29 is 59.9 Å². The van der Waals surface area contributed by atoms with E-state index in [9.17, 15) is 50.7 Å². The minimum absolute atomic E-state index is 0.0295. The second kappa shape index (κ2) is 25.3. The number of benzene rings is 2. The van der Waals surface area contributed by atoms with E-state index in [1.54, 1.807) is 24.3 Å². The van der Waals surface area contributed by atoms with Gasteiger partial charge in [-0.05, 0) is 35.2 Å². The minimum atomic E-state index is -2.14. The first-order valence-corrected chi connectivity index (χ1v) is 19.5. The zero-order valence-corrected chi connectivity index (χ0v) is 34.5. The number of rotatable bonds is 25. The number of nitrogens with one attached hydrogen (secondary N) is 1. The summed E-state index contributed by atoms with van der Waals surface area (Å²) >= 11 is 5.78. The number of aliphatic hydroxyl groups excluding tert-OH is 7. The van der Waals surface area contributed by atoms with E-state index in [4.69, 9.17) is 37.6 Å². The van der Waals surface area contributed by atoms with Gasteiger partial charge in [0.25, 0.3) is 5.91 Å². The van der Waals surface area contributed by atoms with Crippen molar-refractivity contribution in [2.24, 2.45) is 0 Å². The van der Waals surface area contributed by atoms with Gasteiger partial charge in [0.1, 0.15) is 36.0 Å². The van der Waals surface area contributed by atoms with Crippen molar-refractivity contribution in [1.82, 2.24) is 20.2 Å². The number of amides is 2. The number of hydrogen-bond donors (Lipinski definition) is 10. The molecule has 0 radical (unpaired) electrons. The smallest absolute Gasteiger partial charge is 0.251 e. The monoisotopic (exact) mass is 875 g/mol. The molecule has 0 aliphatic heterocycles. The van der Waals surface area contributed by atoms with Crippen molar-refractivity contribution in [3.05, 3.63) is 86.5 Å². The Bertz CT molecular complexity index is 1830. The van der Waals surface area contributed by atoms with Gasteiger partial charge in [-0.3, -0.25) is 9.69 Å². The van der Waals surface area contributed by atoms with Crippen molar-refractivity contribution in [2.75, 3.05) is 71.6 Å². The van der Waals surface area contributed by atoms with Crippen LogP contribution in [0.15, 0.2) is 48.5 Å². The van der Waals surface area contributed by atoms with Crippen molar-refractivity contribution in [3.8, 4) is 11.1 Å². The fraction of sp³-hybridized carbons (Fsp3) is 0.513. The molecule has 21 nitrogen and oxygen atoms in total. The lowest BCUT2D eigenvalue weighted by Gasteiger charge is -2.43. The van der Waals surface area contributed by atoms with E-state index in [0.29, 0.717) is 12.0 Å². The number of carbonyl (C=O) groups is 2. The third-order valence-corrected chi connectivity index (χ3v) is 9.90. The van der Waals surface area contributed by atoms with E-state index in [-0.39, 0.29) is 48.7 Å². The van der Waals surface area contributed by atoms with Crippen molar-refractivity contribution in [2.45, 2.75) is 68.1 Å². The summed E-state index contributed by atoms with van der Waals surface area (Å²) in [6, 6.07) is 14.7. The van der Waals surface area contributed by atoms with Crippen molar-refractivity contribution in [3.63, 3.8) is 0 Å². The van der Waals surface area contributed by atoms with Gasteiger partial charge in [-0.1, -0.05) is 66.9 Å². The number of unbranched alkanes of at least 4 members (excludes halogenated alkanes) is 1. The number of anilines is 2. The van der Waals surface area contributed by atoms with Gasteiger partial charge in [0.15, 0.2) is 16.8 Å². The molecule has 0 aliphatic carbocycles. The lowest BCUT2D eigenvalue weighted by atomic mass is 10.0. The van der Waals surface area contributed by atoms with Crippen LogP contribution in [0.2, 0.25) is 5.15 Å². The molecule has 3 aromatic rings. The minimum Gasteiger partial charge on any atom is -0.848 e. The Morgan fingerprint density at radius 2 is 1.49 bits per heavy atom. The number of methoxy groups -OCH3 is 2. The van der Waals surface area contributed by atoms with Crippen LogP contribution in [-0.2, 0) is 15.9 Å². The number of aromatic nitrogens is 2. The molecule has 3 rings (SSSR count). The molecule has 0 unspecified atom stereocenters. The Hall–Kier alpha value is -4.62. The van der Waals surface area contributed by atoms with E-state index < -0.39 is 86.4 Å². The van der Waals surface area contributed by atoms with Gasteiger partial charge in [0, 0.05) is 46.0 Å². The molecule has 2 amide bonds. The Kier molecular flexibility index (Phi) is 21.1. The Morgan fingerprint density at radius 1 is 0.869 bits per heavy atom. The zero-order chi connectivity index (χ0) is 45.2. The highest BCUT2D eigenvalue weighted by Gasteiger charge is 2.34. The molecule has 1 aromatic heterocycles. The highest BCUT2D eigenvalue weighted by molar-refractivity contribution is 6.32. The molecule has 0 bridgehead atoms. The second-order valence-electron chi connectivity index (χ2n) is 14.0. The lowest BCUT2D eigenvalue weighted by Crippen LogP contribution is -2.58. The van der Waals surface area contributed by atoms with Gasteiger partial charge in [-0.15, -0.1) is 6.54 Å². The molecule has 338 valence electrons. The predicted molar refractivity (Wildman–Crippen MR) is 223 cm³/mol. The Labute approximate surface area is 357 Å². The number of hydrogen-bond acceptors (Lipinski definition) is 17. The van der Waals surface area contributed by atoms with Gasteiger partial charge >= 0.3 is 0 Å². The number of nitrogens with zero attached hydrogens (tertiary/aromatic N) is 6. The Balaban J connectivity index is 1.51.